The zero-order valence-corrected chi connectivity index (χ0v) is 14.5. The summed E-state index contributed by atoms with van der Waals surface area (Å²) in [6, 6.07) is 7.28. The maximum atomic E-state index is 11.5. The van der Waals surface area contributed by atoms with E-state index in [0.717, 1.165) is 24.2 Å². The van der Waals surface area contributed by atoms with E-state index < -0.39 is 13.8 Å². The van der Waals surface area contributed by atoms with E-state index in [9.17, 15) is 9.36 Å². The van der Waals surface area contributed by atoms with Crippen molar-refractivity contribution in [2.75, 3.05) is 20.3 Å². The van der Waals surface area contributed by atoms with Gasteiger partial charge in [0.15, 0.2) is 0 Å². The highest BCUT2D eigenvalue weighted by atomic mass is 31.2. The van der Waals surface area contributed by atoms with Crippen molar-refractivity contribution in [3.05, 3.63) is 35.9 Å². The second kappa shape index (κ2) is 11.0. The Labute approximate surface area is 141 Å². The van der Waals surface area contributed by atoms with Gasteiger partial charge in [-0.1, -0.05) is 18.6 Å². The molecule has 0 fully saturated rings. The second-order valence-corrected chi connectivity index (χ2v) is 6.25. The van der Waals surface area contributed by atoms with Crippen LogP contribution in [0.1, 0.15) is 31.2 Å². The highest BCUT2D eigenvalue weighted by molar-refractivity contribution is 7.46. The molecule has 0 aliphatic carbocycles. The van der Waals surface area contributed by atoms with Crippen molar-refractivity contribution < 1.29 is 33.1 Å². The fourth-order valence-electron chi connectivity index (χ4n) is 1.84. The van der Waals surface area contributed by atoms with Gasteiger partial charge in [0, 0.05) is 6.08 Å². The molecule has 0 aliphatic heterocycles. The third-order valence-electron chi connectivity index (χ3n) is 3.07. The smallest absolute Gasteiger partial charge is 0.469 e. The SMILES string of the molecule is COc1ccc(C=CC(=O)OCCCCCCOP(=O)(O)O)cc1. The minimum atomic E-state index is -4.36. The molecular formula is C16H23O7P. The van der Waals surface area contributed by atoms with Crippen molar-refractivity contribution in [2.45, 2.75) is 25.7 Å². The molecule has 2 N–H and O–H groups in total. The maximum absolute atomic E-state index is 11.5. The van der Waals surface area contributed by atoms with Gasteiger partial charge in [-0.25, -0.2) is 9.36 Å². The van der Waals surface area contributed by atoms with Crippen molar-refractivity contribution in [3.8, 4) is 5.75 Å². The van der Waals surface area contributed by atoms with Gasteiger partial charge in [0.05, 0.1) is 20.3 Å². The van der Waals surface area contributed by atoms with Gasteiger partial charge in [-0.05, 0) is 43.0 Å². The number of hydrogen-bond donors (Lipinski definition) is 2. The normalized spacial score (nSPS) is 11.6. The van der Waals surface area contributed by atoms with Crippen LogP contribution in [0.5, 0.6) is 5.75 Å². The number of esters is 1. The van der Waals surface area contributed by atoms with Crippen LogP contribution >= 0.6 is 7.82 Å². The summed E-state index contributed by atoms with van der Waals surface area (Å²) in [6.07, 6.45) is 5.82. The summed E-state index contributed by atoms with van der Waals surface area (Å²) in [7, 11) is -2.77. The Bertz CT molecular complexity index is 562. The first-order valence-electron chi connectivity index (χ1n) is 7.60. The monoisotopic (exact) mass is 358 g/mol. The Kier molecular flexibility index (Phi) is 9.34. The van der Waals surface area contributed by atoms with Gasteiger partial charge < -0.3 is 19.3 Å². The molecule has 0 saturated carbocycles. The average molecular weight is 358 g/mol. The predicted molar refractivity (Wildman–Crippen MR) is 89.5 cm³/mol. The van der Waals surface area contributed by atoms with Gasteiger partial charge in [0.1, 0.15) is 5.75 Å². The van der Waals surface area contributed by atoms with Crippen molar-refractivity contribution in [3.63, 3.8) is 0 Å². The third kappa shape index (κ3) is 10.2. The van der Waals surface area contributed by atoms with E-state index in [1.165, 1.54) is 6.08 Å². The number of carbonyl (C=O) groups is 1. The first-order chi connectivity index (χ1) is 11.4. The number of methoxy groups -OCH3 is 1. The zero-order valence-electron chi connectivity index (χ0n) is 13.6. The van der Waals surface area contributed by atoms with E-state index in [4.69, 9.17) is 19.3 Å². The molecule has 1 aromatic rings. The molecule has 1 rings (SSSR count). The average Bonchev–Trinajstić information content (AvgIpc) is 2.55. The van der Waals surface area contributed by atoms with Crippen LogP contribution in [0, 0.1) is 0 Å². The summed E-state index contributed by atoms with van der Waals surface area (Å²) in [5, 5.41) is 0. The van der Waals surface area contributed by atoms with Crippen LogP contribution in [-0.4, -0.2) is 36.1 Å². The van der Waals surface area contributed by atoms with Gasteiger partial charge in [-0.15, -0.1) is 0 Å². The fourth-order valence-corrected chi connectivity index (χ4v) is 2.21. The first-order valence-corrected chi connectivity index (χ1v) is 9.13. The first kappa shape index (κ1) is 20.4. The Morgan fingerprint density at radius 2 is 1.71 bits per heavy atom. The molecule has 1 aromatic carbocycles. The fraction of sp³-hybridized carbons (Fsp3) is 0.438. The molecule has 0 heterocycles. The molecule has 0 bridgehead atoms. The van der Waals surface area contributed by atoms with E-state index in [2.05, 4.69) is 4.52 Å². The van der Waals surface area contributed by atoms with Crippen molar-refractivity contribution >= 4 is 19.9 Å². The third-order valence-corrected chi connectivity index (χ3v) is 3.59. The molecule has 8 heteroatoms. The minimum Gasteiger partial charge on any atom is -0.497 e. The number of phosphoric ester groups is 1. The number of phosphoric acid groups is 1. The van der Waals surface area contributed by atoms with Gasteiger partial charge in [0.2, 0.25) is 0 Å². The molecule has 0 radical (unpaired) electrons. The molecule has 0 aromatic heterocycles. The summed E-state index contributed by atoms with van der Waals surface area (Å²) >= 11 is 0. The van der Waals surface area contributed by atoms with Gasteiger partial charge >= 0.3 is 13.8 Å². The van der Waals surface area contributed by atoms with Crippen LogP contribution in [0.25, 0.3) is 6.08 Å². The lowest BCUT2D eigenvalue weighted by Crippen LogP contribution is -2.02. The summed E-state index contributed by atoms with van der Waals surface area (Å²) in [4.78, 5) is 28.5. The van der Waals surface area contributed by atoms with E-state index in [1.807, 2.05) is 12.1 Å². The molecule has 0 aliphatic rings. The number of ether oxygens (including phenoxy) is 2. The Morgan fingerprint density at radius 1 is 1.08 bits per heavy atom. The summed E-state index contributed by atoms with van der Waals surface area (Å²) in [6.45, 7) is 0.333. The standard InChI is InChI=1S/C16H23O7P/c1-21-15-9-6-14(7-10-15)8-11-16(17)22-12-4-2-3-5-13-23-24(18,19)20/h6-11H,2-5,12-13H2,1H3,(H2,18,19,20). The Balaban J connectivity index is 2.09. The van der Waals surface area contributed by atoms with Crippen LogP contribution in [0.2, 0.25) is 0 Å². The van der Waals surface area contributed by atoms with E-state index in [-0.39, 0.29) is 6.61 Å². The largest absolute Gasteiger partial charge is 0.497 e. The molecule has 0 unspecified atom stereocenters. The minimum absolute atomic E-state index is 0.0225. The van der Waals surface area contributed by atoms with E-state index in [0.29, 0.717) is 19.4 Å². The van der Waals surface area contributed by atoms with Gasteiger partial charge in [-0.3, -0.25) is 4.52 Å². The van der Waals surface area contributed by atoms with Gasteiger partial charge in [-0.2, -0.15) is 0 Å². The molecular weight excluding hydrogens is 335 g/mol. The number of hydrogen-bond acceptors (Lipinski definition) is 5. The topological polar surface area (TPSA) is 102 Å². The quantitative estimate of drug-likeness (QED) is 0.271. The van der Waals surface area contributed by atoms with E-state index >= 15 is 0 Å². The molecule has 0 atom stereocenters. The number of unbranched alkanes of at least 4 members (excludes halogenated alkanes) is 3. The molecule has 0 amide bonds. The summed E-state index contributed by atoms with van der Waals surface area (Å²) in [5.74, 6) is 0.344. The maximum Gasteiger partial charge on any atom is 0.469 e. The predicted octanol–water partition coefficient (Wildman–Crippen LogP) is 2.92. The lowest BCUT2D eigenvalue weighted by atomic mass is 10.2. The molecule has 7 nitrogen and oxygen atoms in total. The van der Waals surface area contributed by atoms with Crippen molar-refractivity contribution in [1.29, 1.82) is 0 Å². The molecule has 0 spiro atoms. The summed E-state index contributed by atoms with van der Waals surface area (Å²) < 4.78 is 24.9. The lowest BCUT2D eigenvalue weighted by molar-refractivity contribution is -0.137. The lowest BCUT2D eigenvalue weighted by Gasteiger charge is -2.05. The highest BCUT2D eigenvalue weighted by Crippen LogP contribution is 2.35. The zero-order chi connectivity index (χ0) is 17.8. The number of benzene rings is 1. The number of rotatable bonds is 11. The van der Waals surface area contributed by atoms with Crippen LogP contribution in [0.4, 0.5) is 0 Å². The Morgan fingerprint density at radius 3 is 2.29 bits per heavy atom. The van der Waals surface area contributed by atoms with Crippen LogP contribution < -0.4 is 4.74 Å². The van der Waals surface area contributed by atoms with Crippen molar-refractivity contribution in [1.82, 2.24) is 0 Å². The van der Waals surface area contributed by atoms with Gasteiger partial charge in [0.25, 0.3) is 0 Å². The number of carbonyl (C=O) groups excluding carboxylic acids is 1. The summed E-state index contributed by atoms with van der Waals surface area (Å²) in [5.41, 5.74) is 0.873. The second-order valence-electron chi connectivity index (χ2n) is 5.01. The van der Waals surface area contributed by atoms with Crippen LogP contribution in [0.3, 0.4) is 0 Å². The van der Waals surface area contributed by atoms with Crippen LogP contribution in [-0.2, 0) is 18.6 Å². The van der Waals surface area contributed by atoms with Crippen molar-refractivity contribution in [2.24, 2.45) is 0 Å². The molecule has 24 heavy (non-hydrogen) atoms. The molecule has 0 saturated heterocycles. The van der Waals surface area contributed by atoms with Crippen LogP contribution in [0.15, 0.2) is 30.3 Å². The Hall–Kier alpha value is -1.66. The van der Waals surface area contributed by atoms with E-state index in [1.54, 1.807) is 25.3 Å². The molecule has 134 valence electrons. The highest BCUT2D eigenvalue weighted by Gasteiger charge is 2.12.